The number of benzene rings is 5. The third kappa shape index (κ3) is 5.95. The van der Waals surface area contributed by atoms with E-state index >= 15 is 0 Å². The Labute approximate surface area is 268 Å². The normalized spacial score (nSPS) is 11.2. The Bertz CT molecular complexity index is 1910. The zero-order valence-corrected chi connectivity index (χ0v) is 27.9. The third-order valence-electron chi connectivity index (χ3n) is 9.12. The van der Waals surface area contributed by atoms with E-state index in [1.54, 1.807) is 0 Å². The van der Waals surface area contributed by atoms with E-state index in [1.165, 1.54) is 72.3 Å². The van der Waals surface area contributed by atoms with Gasteiger partial charge < -0.3 is 0 Å². The Hall–Kier alpha value is -4.89. The summed E-state index contributed by atoms with van der Waals surface area (Å²) in [4.78, 5) is 15.2. The largest absolute Gasteiger partial charge is 0.208 e. The van der Waals surface area contributed by atoms with Gasteiger partial charge in [-0.05, 0) is 153 Å². The Morgan fingerprint density at radius 3 is 0.956 bits per heavy atom. The van der Waals surface area contributed by atoms with E-state index in [0.29, 0.717) is 17.5 Å². The molecule has 0 bridgehead atoms. The SMILES string of the molecule is Cc1ccc(-c2nc(-c3cc(C)c(-c4ccc(C)c(C)c4)c(C)c3)nc(-c3cc(C)c(-c4ccc(C)c(C)c4)c(C)c3)n2)cc1. The van der Waals surface area contributed by atoms with Crippen LogP contribution in [-0.4, -0.2) is 15.0 Å². The van der Waals surface area contributed by atoms with Crippen molar-refractivity contribution in [2.24, 2.45) is 0 Å². The standard InChI is InChI=1S/C42H41N3/c1-24-10-14-33(15-11-24)40-43-41(36-20-29(6)38(30(7)21-36)34-16-12-25(2)27(4)18-34)45-42(44-40)37-22-31(8)39(32(9)23-37)35-17-13-26(3)28(5)19-35/h10-23H,1-9H3. The van der Waals surface area contributed by atoms with E-state index in [2.05, 4.69) is 147 Å². The molecule has 0 spiro atoms. The zero-order chi connectivity index (χ0) is 32.0. The lowest BCUT2D eigenvalue weighted by Crippen LogP contribution is -2.02. The molecule has 0 fully saturated rings. The van der Waals surface area contributed by atoms with Gasteiger partial charge in [0.05, 0.1) is 0 Å². The van der Waals surface area contributed by atoms with Crippen molar-refractivity contribution in [2.45, 2.75) is 62.3 Å². The number of hydrogen-bond acceptors (Lipinski definition) is 3. The van der Waals surface area contributed by atoms with Gasteiger partial charge in [-0.15, -0.1) is 0 Å². The average molecular weight is 588 g/mol. The minimum Gasteiger partial charge on any atom is -0.208 e. The number of nitrogens with zero attached hydrogens (tertiary/aromatic N) is 3. The van der Waals surface area contributed by atoms with Gasteiger partial charge in [0.15, 0.2) is 17.5 Å². The molecule has 0 aliphatic rings. The first-order chi connectivity index (χ1) is 21.5. The highest BCUT2D eigenvalue weighted by Gasteiger charge is 2.17. The number of rotatable bonds is 5. The second kappa shape index (κ2) is 11.9. The molecular weight excluding hydrogens is 546 g/mol. The minimum atomic E-state index is 0.678. The maximum Gasteiger partial charge on any atom is 0.164 e. The van der Waals surface area contributed by atoms with Crippen molar-refractivity contribution in [1.82, 2.24) is 15.0 Å². The van der Waals surface area contributed by atoms with E-state index in [1.807, 2.05) is 0 Å². The lowest BCUT2D eigenvalue weighted by Gasteiger charge is -2.16. The highest BCUT2D eigenvalue weighted by atomic mass is 15.0. The molecule has 0 aliphatic carbocycles. The smallest absolute Gasteiger partial charge is 0.164 e. The summed E-state index contributed by atoms with van der Waals surface area (Å²) >= 11 is 0. The van der Waals surface area contributed by atoms with Gasteiger partial charge in [-0.25, -0.2) is 15.0 Å². The maximum absolute atomic E-state index is 5.12. The summed E-state index contributed by atoms with van der Waals surface area (Å²) in [6.07, 6.45) is 0. The molecule has 45 heavy (non-hydrogen) atoms. The van der Waals surface area contributed by atoms with Crippen LogP contribution in [0, 0.1) is 62.3 Å². The van der Waals surface area contributed by atoms with E-state index in [9.17, 15) is 0 Å². The van der Waals surface area contributed by atoms with Gasteiger partial charge in [0.2, 0.25) is 0 Å². The van der Waals surface area contributed by atoms with Gasteiger partial charge in [0, 0.05) is 16.7 Å². The second-order valence-corrected chi connectivity index (χ2v) is 12.7. The molecule has 0 atom stereocenters. The molecule has 0 saturated carbocycles. The van der Waals surface area contributed by atoms with Crippen LogP contribution in [0.2, 0.25) is 0 Å². The molecule has 3 nitrogen and oxygen atoms in total. The molecule has 0 N–H and O–H groups in total. The van der Waals surface area contributed by atoms with Crippen molar-refractivity contribution >= 4 is 0 Å². The second-order valence-electron chi connectivity index (χ2n) is 12.7. The van der Waals surface area contributed by atoms with Gasteiger partial charge in [-0.3, -0.25) is 0 Å². The van der Waals surface area contributed by atoms with Crippen LogP contribution in [0.15, 0.2) is 84.9 Å². The van der Waals surface area contributed by atoms with Gasteiger partial charge in [-0.2, -0.15) is 0 Å². The minimum absolute atomic E-state index is 0.678. The molecule has 1 heterocycles. The molecule has 1 aromatic heterocycles. The number of hydrogen-bond donors (Lipinski definition) is 0. The molecule has 6 rings (SSSR count). The van der Waals surface area contributed by atoms with Gasteiger partial charge in [-0.1, -0.05) is 66.2 Å². The van der Waals surface area contributed by atoms with Crippen LogP contribution in [0.4, 0.5) is 0 Å². The number of aryl methyl sites for hydroxylation is 9. The fourth-order valence-corrected chi connectivity index (χ4v) is 6.36. The lowest BCUT2D eigenvalue weighted by molar-refractivity contribution is 1.07. The van der Waals surface area contributed by atoms with Crippen LogP contribution in [0.5, 0.6) is 0 Å². The Balaban J connectivity index is 1.50. The lowest BCUT2D eigenvalue weighted by atomic mass is 9.91. The first-order valence-corrected chi connectivity index (χ1v) is 15.7. The molecular formula is C42H41N3. The van der Waals surface area contributed by atoms with Crippen LogP contribution in [0.25, 0.3) is 56.4 Å². The predicted molar refractivity (Wildman–Crippen MR) is 190 cm³/mol. The summed E-state index contributed by atoms with van der Waals surface area (Å²) in [5, 5.41) is 0. The van der Waals surface area contributed by atoms with Gasteiger partial charge in [0.25, 0.3) is 0 Å². The predicted octanol–water partition coefficient (Wildman–Crippen LogP) is 11.0. The van der Waals surface area contributed by atoms with E-state index in [0.717, 1.165) is 16.7 Å². The maximum atomic E-state index is 5.12. The Morgan fingerprint density at radius 2 is 0.600 bits per heavy atom. The van der Waals surface area contributed by atoms with Crippen LogP contribution in [0.1, 0.15) is 50.1 Å². The molecule has 224 valence electrons. The van der Waals surface area contributed by atoms with Crippen molar-refractivity contribution in [3.05, 3.63) is 135 Å². The van der Waals surface area contributed by atoms with Crippen LogP contribution in [-0.2, 0) is 0 Å². The van der Waals surface area contributed by atoms with Crippen molar-refractivity contribution in [3.8, 4) is 56.4 Å². The summed E-state index contributed by atoms with van der Waals surface area (Å²) in [6.45, 7) is 19.5. The zero-order valence-electron chi connectivity index (χ0n) is 27.9. The summed E-state index contributed by atoms with van der Waals surface area (Å²) < 4.78 is 0. The fraction of sp³-hybridized carbons (Fsp3) is 0.214. The third-order valence-corrected chi connectivity index (χ3v) is 9.12. The van der Waals surface area contributed by atoms with Crippen molar-refractivity contribution < 1.29 is 0 Å². The summed E-state index contributed by atoms with van der Waals surface area (Å²) in [5.41, 5.74) is 19.2. The highest BCUT2D eigenvalue weighted by Crippen LogP contribution is 2.35. The van der Waals surface area contributed by atoms with Crippen LogP contribution >= 0.6 is 0 Å². The first-order valence-electron chi connectivity index (χ1n) is 15.7. The first kappa shape index (κ1) is 30.1. The monoisotopic (exact) mass is 587 g/mol. The van der Waals surface area contributed by atoms with Gasteiger partial charge >= 0.3 is 0 Å². The Morgan fingerprint density at radius 1 is 0.289 bits per heavy atom. The number of aromatic nitrogens is 3. The topological polar surface area (TPSA) is 38.7 Å². The summed E-state index contributed by atoms with van der Waals surface area (Å²) in [5.74, 6) is 2.04. The molecule has 0 amide bonds. The highest BCUT2D eigenvalue weighted by molar-refractivity contribution is 5.78. The van der Waals surface area contributed by atoms with E-state index < -0.39 is 0 Å². The van der Waals surface area contributed by atoms with Crippen molar-refractivity contribution in [2.75, 3.05) is 0 Å². The molecule has 6 aromatic rings. The van der Waals surface area contributed by atoms with Crippen molar-refractivity contribution in [1.29, 1.82) is 0 Å². The van der Waals surface area contributed by atoms with Crippen LogP contribution in [0.3, 0.4) is 0 Å². The van der Waals surface area contributed by atoms with Crippen molar-refractivity contribution in [3.63, 3.8) is 0 Å². The quantitative estimate of drug-likeness (QED) is 0.201. The molecule has 0 unspecified atom stereocenters. The van der Waals surface area contributed by atoms with E-state index in [-0.39, 0.29) is 0 Å². The molecule has 5 aromatic carbocycles. The fourth-order valence-electron chi connectivity index (χ4n) is 6.36. The van der Waals surface area contributed by atoms with E-state index in [4.69, 9.17) is 15.0 Å². The Kier molecular flexibility index (Phi) is 7.97. The van der Waals surface area contributed by atoms with Crippen LogP contribution < -0.4 is 0 Å². The molecule has 0 saturated heterocycles. The molecule has 3 heteroatoms. The average Bonchev–Trinajstić information content (AvgIpc) is 3.00. The molecule has 0 radical (unpaired) electrons. The molecule has 0 aliphatic heterocycles. The summed E-state index contributed by atoms with van der Waals surface area (Å²) in [6, 6.07) is 30.7. The van der Waals surface area contributed by atoms with Gasteiger partial charge in [0.1, 0.15) is 0 Å². The summed E-state index contributed by atoms with van der Waals surface area (Å²) in [7, 11) is 0.